The number of nitrogens with one attached hydrogen (secondary N) is 1. The van der Waals surface area contributed by atoms with Crippen molar-refractivity contribution in [2.45, 2.75) is 58.2 Å². The Morgan fingerprint density at radius 3 is 2.50 bits per heavy atom. The molecular formula is C13H24N2O3. The third-order valence-electron chi connectivity index (χ3n) is 3.89. The predicted molar refractivity (Wildman–Crippen MR) is 69.1 cm³/mol. The number of carbonyl (C=O) groups excluding carboxylic acids is 2. The molecule has 1 N–H and O–H groups in total. The molecule has 5 nitrogen and oxygen atoms in total. The zero-order valence-corrected chi connectivity index (χ0v) is 11.9. The minimum Gasteiger partial charge on any atom is -0.380 e. The second-order valence-electron chi connectivity index (χ2n) is 5.06. The zero-order chi connectivity index (χ0) is 13.9. The first-order valence-corrected chi connectivity index (χ1v) is 6.55. The van der Waals surface area contributed by atoms with E-state index in [9.17, 15) is 9.59 Å². The molecule has 18 heavy (non-hydrogen) atoms. The summed E-state index contributed by atoms with van der Waals surface area (Å²) in [5.74, 6) is -0.0786. The topological polar surface area (TPSA) is 58.6 Å². The lowest BCUT2D eigenvalue weighted by molar-refractivity contribution is -0.158. The van der Waals surface area contributed by atoms with Crippen LogP contribution in [0.2, 0.25) is 0 Å². The quantitative estimate of drug-likeness (QED) is 0.796. The van der Waals surface area contributed by atoms with Gasteiger partial charge in [-0.3, -0.25) is 9.59 Å². The van der Waals surface area contributed by atoms with Crippen LogP contribution in [0.4, 0.5) is 0 Å². The highest BCUT2D eigenvalue weighted by atomic mass is 16.5. The normalized spacial score (nSPS) is 30.3. The first kappa shape index (κ1) is 15.0. The number of amides is 2. The third kappa shape index (κ3) is 2.51. The average Bonchev–Trinajstić information content (AvgIpc) is 2.38. The maximum Gasteiger partial charge on any atom is 0.246 e. The summed E-state index contributed by atoms with van der Waals surface area (Å²) in [7, 11) is 1.61. The molecule has 0 radical (unpaired) electrons. The SMILES string of the molecule is CCC1NC(=O)C(C)(CC)N(CC(C)OC)C1=O. The van der Waals surface area contributed by atoms with Gasteiger partial charge in [0.25, 0.3) is 0 Å². The summed E-state index contributed by atoms with van der Waals surface area (Å²) < 4.78 is 5.22. The van der Waals surface area contributed by atoms with E-state index in [-0.39, 0.29) is 17.9 Å². The number of rotatable bonds is 5. The van der Waals surface area contributed by atoms with Crippen LogP contribution in [0.5, 0.6) is 0 Å². The van der Waals surface area contributed by atoms with Crippen molar-refractivity contribution in [3.63, 3.8) is 0 Å². The van der Waals surface area contributed by atoms with E-state index in [1.807, 2.05) is 27.7 Å². The molecular weight excluding hydrogens is 232 g/mol. The third-order valence-corrected chi connectivity index (χ3v) is 3.89. The number of nitrogens with zero attached hydrogens (tertiary/aromatic N) is 1. The summed E-state index contributed by atoms with van der Waals surface area (Å²) in [5, 5.41) is 2.81. The Hall–Kier alpha value is -1.10. The first-order valence-electron chi connectivity index (χ1n) is 6.55. The van der Waals surface area contributed by atoms with Crippen LogP contribution >= 0.6 is 0 Å². The molecule has 104 valence electrons. The Balaban J connectivity index is 3.02. The Bertz CT molecular complexity index is 332. The molecule has 1 heterocycles. The van der Waals surface area contributed by atoms with Gasteiger partial charge in [-0.2, -0.15) is 0 Å². The van der Waals surface area contributed by atoms with Gasteiger partial charge in [-0.15, -0.1) is 0 Å². The van der Waals surface area contributed by atoms with Crippen molar-refractivity contribution in [3.8, 4) is 0 Å². The molecule has 5 heteroatoms. The fraction of sp³-hybridized carbons (Fsp3) is 0.846. The van der Waals surface area contributed by atoms with Gasteiger partial charge in [0, 0.05) is 13.7 Å². The summed E-state index contributed by atoms with van der Waals surface area (Å²) >= 11 is 0. The van der Waals surface area contributed by atoms with Gasteiger partial charge in [0.05, 0.1) is 6.10 Å². The fourth-order valence-corrected chi connectivity index (χ4v) is 2.18. The summed E-state index contributed by atoms with van der Waals surface area (Å²) in [6, 6.07) is -0.402. The van der Waals surface area contributed by atoms with Gasteiger partial charge < -0.3 is 15.0 Å². The van der Waals surface area contributed by atoms with Gasteiger partial charge in [0.1, 0.15) is 11.6 Å². The number of hydrogen-bond donors (Lipinski definition) is 1. The molecule has 1 aliphatic rings. The van der Waals surface area contributed by atoms with E-state index in [0.29, 0.717) is 19.4 Å². The van der Waals surface area contributed by atoms with Gasteiger partial charge in [0.2, 0.25) is 11.8 Å². The molecule has 0 saturated carbocycles. The van der Waals surface area contributed by atoms with E-state index in [2.05, 4.69) is 5.32 Å². The van der Waals surface area contributed by atoms with Crippen LogP contribution in [0.3, 0.4) is 0 Å². The second-order valence-corrected chi connectivity index (χ2v) is 5.06. The molecule has 0 aromatic heterocycles. The van der Waals surface area contributed by atoms with Crippen LogP contribution in [0.1, 0.15) is 40.5 Å². The molecule has 3 unspecified atom stereocenters. The van der Waals surface area contributed by atoms with Gasteiger partial charge >= 0.3 is 0 Å². The number of ether oxygens (including phenoxy) is 1. The maximum absolute atomic E-state index is 12.4. The molecule has 1 fully saturated rings. The van der Waals surface area contributed by atoms with E-state index in [0.717, 1.165) is 0 Å². The van der Waals surface area contributed by atoms with Crippen LogP contribution in [0, 0.1) is 0 Å². The van der Waals surface area contributed by atoms with Crippen molar-refractivity contribution in [1.82, 2.24) is 10.2 Å². The van der Waals surface area contributed by atoms with Crippen molar-refractivity contribution in [2.24, 2.45) is 0 Å². The average molecular weight is 256 g/mol. The Kier molecular flexibility index (Phi) is 4.73. The van der Waals surface area contributed by atoms with Crippen molar-refractivity contribution in [3.05, 3.63) is 0 Å². The number of hydrogen-bond acceptors (Lipinski definition) is 3. The van der Waals surface area contributed by atoms with E-state index in [1.165, 1.54) is 0 Å². The second kappa shape index (κ2) is 5.69. The van der Waals surface area contributed by atoms with Crippen LogP contribution < -0.4 is 5.32 Å². The van der Waals surface area contributed by atoms with Crippen LogP contribution in [0.25, 0.3) is 0 Å². The maximum atomic E-state index is 12.4. The predicted octanol–water partition coefficient (Wildman–Crippen LogP) is 0.927. The van der Waals surface area contributed by atoms with Gasteiger partial charge in [-0.05, 0) is 26.7 Å². The van der Waals surface area contributed by atoms with E-state index in [4.69, 9.17) is 4.74 Å². The van der Waals surface area contributed by atoms with E-state index in [1.54, 1.807) is 12.0 Å². The number of methoxy groups -OCH3 is 1. The zero-order valence-electron chi connectivity index (χ0n) is 11.9. The first-order chi connectivity index (χ1) is 8.40. The highest BCUT2D eigenvalue weighted by Gasteiger charge is 2.47. The Morgan fingerprint density at radius 2 is 2.06 bits per heavy atom. The van der Waals surface area contributed by atoms with Crippen molar-refractivity contribution in [2.75, 3.05) is 13.7 Å². The van der Waals surface area contributed by atoms with Crippen molar-refractivity contribution in [1.29, 1.82) is 0 Å². The number of carbonyl (C=O) groups is 2. The lowest BCUT2D eigenvalue weighted by Crippen LogP contribution is -2.70. The smallest absolute Gasteiger partial charge is 0.246 e. The molecule has 0 spiro atoms. The van der Waals surface area contributed by atoms with E-state index >= 15 is 0 Å². The van der Waals surface area contributed by atoms with Crippen LogP contribution in [-0.2, 0) is 14.3 Å². The highest BCUT2D eigenvalue weighted by molar-refractivity contribution is 5.99. The summed E-state index contributed by atoms with van der Waals surface area (Å²) in [5.41, 5.74) is -0.768. The Labute approximate surface area is 109 Å². The van der Waals surface area contributed by atoms with Crippen molar-refractivity contribution < 1.29 is 14.3 Å². The summed E-state index contributed by atoms with van der Waals surface area (Å²) in [6.07, 6.45) is 1.13. The fourth-order valence-electron chi connectivity index (χ4n) is 2.18. The van der Waals surface area contributed by atoms with Gasteiger partial charge in [0.15, 0.2) is 0 Å². The molecule has 0 aromatic rings. The Morgan fingerprint density at radius 1 is 1.44 bits per heavy atom. The molecule has 1 saturated heterocycles. The highest BCUT2D eigenvalue weighted by Crippen LogP contribution is 2.26. The van der Waals surface area contributed by atoms with Crippen LogP contribution in [0.15, 0.2) is 0 Å². The standard InChI is InChI=1S/C13H24N2O3/c1-6-10-11(16)15(8-9(3)18-5)13(4,7-2)12(17)14-10/h9-10H,6-8H2,1-5H3,(H,14,17). The van der Waals surface area contributed by atoms with Crippen molar-refractivity contribution >= 4 is 11.8 Å². The van der Waals surface area contributed by atoms with E-state index < -0.39 is 11.6 Å². The molecule has 0 bridgehead atoms. The largest absolute Gasteiger partial charge is 0.380 e. The van der Waals surface area contributed by atoms with Gasteiger partial charge in [-0.1, -0.05) is 13.8 Å². The minimum atomic E-state index is -0.768. The minimum absolute atomic E-state index is 0.00894. The molecule has 2 amide bonds. The lowest BCUT2D eigenvalue weighted by Gasteiger charge is -2.46. The van der Waals surface area contributed by atoms with Gasteiger partial charge in [-0.25, -0.2) is 0 Å². The summed E-state index contributed by atoms with van der Waals surface area (Å²) in [4.78, 5) is 26.3. The molecule has 1 rings (SSSR count). The molecule has 3 atom stereocenters. The number of piperazine rings is 1. The molecule has 0 aliphatic carbocycles. The monoisotopic (exact) mass is 256 g/mol. The molecule has 1 aliphatic heterocycles. The lowest BCUT2D eigenvalue weighted by atomic mass is 9.89. The summed E-state index contributed by atoms with van der Waals surface area (Å²) in [6.45, 7) is 7.98. The van der Waals surface area contributed by atoms with Crippen LogP contribution in [-0.4, -0.2) is 48.1 Å². The molecule has 0 aromatic carbocycles.